The molecule has 10 heavy (non-hydrogen) atoms. The summed E-state index contributed by atoms with van der Waals surface area (Å²) in [5.41, 5.74) is 0. The highest BCUT2D eigenvalue weighted by molar-refractivity contribution is 8.00. The van der Waals surface area contributed by atoms with Crippen molar-refractivity contribution >= 4 is 11.8 Å². The summed E-state index contributed by atoms with van der Waals surface area (Å²) in [6.07, 6.45) is 1.95. The van der Waals surface area contributed by atoms with E-state index in [2.05, 4.69) is 31.8 Å². The molecule has 1 N–H and O–H groups in total. The SMILES string of the molecule is CC(C)(C)Sc1ccc[nH]1. The molecule has 2 heteroatoms. The summed E-state index contributed by atoms with van der Waals surface area (Å²) in [7, 11) is 0. The molecule has 0 atom stereocenters. The van der Waals surface area contributed by atoms with Gasteiger partial charge >= 0.3 is 0 Å². The molecule has 0 aliphatic heterocycles. The maximum Gasteiger partial charge on any atom is 0.0726 e. The standard InChI is InChI=1S/C8H13NS/c1-8(2,3)10-7-5-4-6-9-7/h4-6,9H,1-3H3. The van der Waals surface area contributed by atoms with Crippen LogP contribution in [0.4, 0.5) is 0 Å². The molecule has 1 rings (SSSR count). The average molecular weight is 155 g/mol. The summed E-state index contributed by atoms with van der Waals surface area (Å²) in [6, 6.07) is 4.12. The Morgan fingerprint density at radius 2 is 2.10 bits per heavy atom. The molecule has 0 bridgehead atoms. The van der Waals surface area contributed by atoms with Crippen LogP contribution in [0.1, 0.15) is 20.8 Å². The molecule has 0 aliphatic carbocycles. The molecule has 0 spiro atoms. The molecule has 1 nitrogen and oxygen atoms in total. The predicted octanol–water partition coefficient (Wildman–Crippen LogP) is 2.91. The number of hydrogen-bond acceptors (Lipinski definition) is 1. The largest absolute Gasteiger partial charge is 0.356 e. The Bertz CT molecular complexity index is 184. The highest BCUT2D eigenvalue weighted by Gasteiger charge is 2.11. The lowest BCUT2D eigenvalue weighted by atomic mass is 10.3. The molecular formula is C8H13NS. The maximum atomic E-state index is 3.16. The molecule has 0 unspecified atom stereocenters. The first-order valence-corrected chi connectivity index (χ1v) is 4.22. The van der Waals surface area contributed by atoms with E-state index in [-0.39, 0.29) is 0 Å². The smallest absolute Gasteiger partial charge is 0.0726 e. The monoisotopic (exact) mass is 155 g/mol. The minimum atomic E-state index is 0.310. The fourth-order valence-corrected chi connectivity index (χ4v) is 1.64. The fraction of sp³-hybridized carbons (Fsp3) is 0.500. The Morgan fingerprint density at radius 1 is 1.40 bits per heavy atom. The maximum absolute atomic E-state index is 3.16. The van der Waals surface area contributed by atoms with Crippen LogP contribution in [-0.4, -0.2) is 9.73 Å². The zero-order valence-electron chi connectivity index (χ0n) is 6.64. The second-order valence-corrected chi connectivity index (χ2v) is 5.12. The second kappa shape index (κ2) is 2.70. The summed E-state index contributed by atoms with van der Waals surface area (Å²) < 4.78 is 0.310. The summed E-state index contributed by atoms with van der Waals surface area (Å²) >= 11 is 1.85. The average Bonchev–Trinajstić information content (AvgIpc) is 2.12. The van der Waals surface area contributed by atoms with E-state index >= 15 is 0 Å². The molecule has 1 aromatic heterocycles. The molecule has 0 saturated carbocycles. The summed E-state index contributed by atoms with van der Waals surface area (Å²) in [5, 5.41) is 1.24. The number of rotatable bonds is 1. The van der Waals surface area contributed by atoms with Crippen molar-refractivity contribution in [3.05, 3.63) is 18.3 Å². The van der Waals surface area contributed by atoms with Gasteiger partial charge in [0.05, 0.1) is 5.03 Å². The van der Waals surface area contributed by atoms with Gasteiger partial charge in [-0.25, -0.2) is 0 Å². The van der Waals surface area contributed by atoms with Gasteiger partial charge < -0.3 is 4.98 Å². The van der Waals surface area contributed by atoms with Crippen LogP contribution in [0, 0.1) is 0 Å². The van der Waals surface area contributed by atoms with Crippen molar-refractivity contribution in [2.24, 2.45) is 0 Å². The van der Waals surface area contributed by atoms with Gasteiger partial charge in [0.1, 0.15) is 0 Å². The van der Waals surface area contributed by atoms with Crippen LogP contribution < -0.4 is 0 Å². The minimum Gasteiger partial charge on any atom is -0.356 e. The molecule has 0 aliphatic rings. The zero-order valence-corrected chi connectivity index (χ0v) is 7.46. The van der Waals surface area contributed by atoms with Crippen molar-refractivity contribution in [2.75, 3.05) is 0 Å². The molecule has 56 valence electrons. The van der Waals surface area contributed by atoms with E-state index < -0.39 is 0 Å². The Labute approximate surface area is 66.2 Å². The number of aromatic amines is 1. The predicted molar refractivity (Wildman–Crippen MR) is 46.4 cm³/mol. The third kappa shape index (κ3) is 2.48. The first-order valence-electron chi connectivity index (χ1n) is 3.40. The molecule has 0 radical (unpaired) electrons. The lowest BCUT2D eigenvalue weighted by Crippen LogP contribution is -2.06. The van der Waals surface area contributed by atoms with E-state index in [4.69, 9.17) is 0 Å². The van der Waals surface area contributed by atoms with Gasteiger partial charge in [0.15, 0.2) is 0 Å². The van der Waals surface area contributed by atoms with Crippen LogP contribution in [0.15, 0.2) is 23.4 Å². The van der Waals surface area contributed by atoms with E-state index in [0.717, 1.165) is 0 Å². The molecule has 0 amide bonds. The lowest BCUT2D eigenvalue weighted by Gasteiger charge is -2.15. The number of aromatic nitrogens is 1. The first-order chi connectivity index (χ1) is 4.58. The van der Waals surface area contributed by atoms with E-state index in [9.17, 15) is 0 Å². The van der Waals surface area contributed by atoms with E-state index in [1.165, 1.54) is 5.03 Å². The Balaban J connectivity index is 2.57. The van der Waals surface area contributed by atoms with E-state index in [1.54, 1.807) is 0 Å². The van der Waals surface area contributed by atoms with Gasteiger partial charge in [0, 0.05) is 10.9 Å². The molecule has 1 aromatic rings. The summed E-state index contributed by atoms with van der Waals surface area (Å²) in [4.78, 5) is 3.16. The van der Waals surface area contributed by atoms with Crippen molar-refractivity contribution in [1.82, 2.24) is 4.98 Å². The van der Waals surface area contributed by atoms with Crippen LogP contribution in [-0.2, 0) is 0 Å². The van der Waals surface area contributed by atoms with Gasteiger partial charge in [-0.05, 0) is 12.1 Å². The minimum absolute atomic E-state index is 0.310. The Hall–Kier alpha value is -0.370. The molecule has 0 aromatic carbocycles. The van der Waals surface area contributed by atoms with Crippen LogP contribution in [0.2, 0.25) is 0 Å². The molecule has 1 heterocycles. The quantitative estimate of drug-likeness (QED) is 0.616. The number of nitrogens with one attached hydrogen (secondary N) is 1. The zero-order chi connectivity index (χ0) is 7.61. The topological polar surface area (TPSA) is 15.8 Å². The van der Waals surface area contributed by atoms with E-state index in [0.29, 0.717) is 4.75 Å². The van der Waals surface area contributed by atoms with Gasteiger partial charge in [-0.15, -0.1) is 11.8 Å². The lowest BCUT2D eigenvalue weighted by molar-refractivity contribution is 0.800. The van der Waals surface area contributed by atoms with Crippen LogP contribution >= 0.6 is 11.8 Å². The number of H-pyrrole nitrogens is 1. The van der Waals surface area contributed by atoms with Gasteiger partial charge in [0.2, 0.25) is 0 Å². The highest BCUT2D eigenvalue weighted by atomic mass is 32.2. The normalized spacial score (nSPS) is 11.9. The molecule has 0 fully saturated rings. The van der Waals surface area contributed by atoms with Gasteiger partial charge in [-0.1, -0.05) is 20.8 Å². The van der Waals surface area contributed by atoms with Crippen LogP contribution in [0.5, 0.6) is 0 Å². The number of hydrogen-bond donors (Lipinski definition) is 1. The summed E-state index contributed by atoms with van der Waals surface area (Å²) in [6.45, 7) is 6.62. The Morgan fingerprint density at radius 3 is 2.50 bits per heavy atom. The van der Waals surface area contributed by atoms with Crippen LogP contribution in [0.25, 0.3) is 0 Å². The third-order valence-corrected chi connectivity index (χ3v) is 2.07. The van der Waals surface area contributed by atoms with Crippen molar-refractivity contribution in [3.8, 4) is 0 Å². The van der Waals surface area contributed by atoms with Crippen molar-refractivity contribution in [3.63, 3.8) is 0 Å². The number of thioether (sulfide) groups is 1. The van der Waals surface area contributed by atoms with Crippen molar-refractivity contribution in [2.45, 2.75) is 30.5 Å². The molecular weight excluding hydrogens is 142 g/mol. The van der Waals surface area contributed by atoms with E-state index in [1.807, 2.05) is 24.0 Å². The van der Waals surface area contributed by atoms with Crippen molar-refractivity contribution in [1.29, 1.82) is 0 Å². The Kier molecular flexibility index (Phi) is 2.09. The first kappa shape index (κ1) is 7.73. The summed E-state index contributed by atoms with van der Waals surface area (Å²) in [5.74, 6) is 0. The van der Waals surface area contributed by atoms with Gasteiger partial charge in [-0.3, -0.25) is 0 Å². The van der Waals surface area contributed by atoms with Gasteiger partial charge in [0.25, 0.3) is 0 Å². The van der Waals surface area contributed by atoms with Crippen molar-refractivity contribution < 1.29 is 0 Å². The van der Waals surface area contributed by atoms with Crippen LogP contribution in [0.3, 0.4) is 0 Å². The fourth-order valence-electron chi connectivity index (χ4n) is 0.707. The second-order valence-electron chi connectivity index (χ2n) is 3.25. The third-order valence-electron chi connectivity index (χ3n) is 0.986. The molecule has 0 saturated heterocycles. The van der Waals surface area contributed by atoms with Gasteiger partial charge in [-0.2, -0.15) is 0 Å². The highest BCUT2D eigenvalue weighted by Crippen LogP contribution is 2.29.